The molecular formula is C27H32N2O5. The number of amides is 1. The number of aliphatic hydroxyl groups is 2. The highest BCUT2D eigenvalue weighted by molar-refractivity contribution is 6.02. The number of ether oxygens (including phenoxy) is 2. The van der Waals surface area contributed by atoms with Crippen LogP contribution in [-0.4, -0.2) is 46.6 Å². The van der Waals surface area contributed by atoms with Crippen LogP contribution in [0.5, 0.6) is 11.5 Å². The zero-order chi connectivity index (χ0) is 24.1. The van der Waals surface area contributed by atoms with Gasteiger partial charge >= 0.3 is 0 Å². The van der Waals surface area contributed by atoms with E-state index in [1.165, 1.54) is 0 Å². The van der Waals surface area contributed by atoms with Gasteiger partial charge in [-0.1, -0.05) is 26.8 Å². The van der Waals surface area contributed by atoms with Crippen LogP contribution in [0.4, 0.5) is 5.69 Å². The second-order valence-corrected chi connectivity index (χ2v) is 10.4. The summed E-state index contributed by atoms with van der Waals surface area (Å²) in [6.45, 7) is 7.44. The van der Waals surface area contributed by atoms with Crippen molar-refractivity contribution in [1.82, 2.24) is 4.57 Å². The Morgan fingerprint density at radius 3 is 2.50 bits per heavy atom. The molecule has 180 valence electrons. The van der Waals surface area contributed by atoms with E-state index in [-0.39, 0.29) is 17.9 Å². The first-order valence-electron chi connectivity index (χ1n) is 11.9. The molecule has 2 aromatic carbocycles. The zero-order valence-electron chi connectivity index (χ0n) is 19.9. The zero-order valence-corrected chi connectivity index (χ0v) is 19.9. The molecule has 5 rings (SSSR count). The number of rotatable bonds is 6. The number of aromatic nitrogens is 1. The van der Waals surface area contributed by atoms with Crippen molar-refractivity contribution in [2.24, 2.45) is 0 Å². The van der Waals surface area contributed by atoms with Gasteiger partial charge in [-0.25, -0.2) is 0 Å². The van der Waals surface area contributed by atoms with Crippen molar-refractivity contribution < 1.29 is 24.5 Å². The van der Waals surface area contributed by atoms with E-state index >= 15 is 0 Å². The predicted molar refractivity (Wildman–Crippen MR) is 131 cm³/mol. The van der Waals surface area contributed by atoms with Crippen molar-refractivity contribution in [2.75, 3.05) is 25.1 Å². The first kappa shape index (κ1) is 22.7. The summed E-state index contributed by atoms with van der Waals surface area (Å²) in [5.41, 5.74) is 3.03. The van der Waals surface area contributed by atoms with E-state index in [4.69, 9.17) is 9.47 Å². The summed E-state index contributed by atoms with van der Waals surface area (Å²) in [7, 11) is 0. The number of carbonyl (C=O) groups is 1. The number of fused-ring (bicyclic) bond motifs is 2. The number of benzene rings is 2. The van der Waals surface area contributed by atoms with E-state index in [2.05, 4.69) is 36.7 Å². The van der Waals surface area contributed by atoms with Crippen LogP contribution < -0.4 is 14.8 Å². The molecule has 3 aromatic rings. The van der Waals surface area contributed by atoms with Gasteiger partial charge in [0.25, 0.3) is 0 Å². The van der Waals surface area contributed by atoms with E-state index in [1.807, 2.05) is 36.4 Å². The summed E-state index contributed by atoms with van der Waals surface area (Å²) in [4.78, 5) is 13.4. The van der Waals surface area contributed by atoms with Crippen molar-refractivity contribution in [3.63, 3.8) is 0 Å². The summed E-state index contributed by atoms with van der Waals surface area (Å²) < 4.78 is 13.4. The van der Waals surface area contributed by atoms with Crippen molar-refractivity contribution in [3.05, 3.63) is 53.7 Å². The second-order valence-electron chi connectivity index (χ2n) is 10.4. The van der Waals surface area contributed by atoms with Gasteiger partial charge in [0, 0.05) is 27.7 Å². The highest BCUT2D eigenvalue weighted by Gasteiger charge is 2.51. The van der Waals surface area contributed by atoms with E-state index in [0.717, 1.165) is 46.4 Å². The predicted octanol–water partition coefficient (Wildman–Crippen LogP) is 3.73. The van der Waals surface area contributed by atoms with Crippen LogP contribution in [0.15, 0.2) is 42.5 Å². The Bertz CT molecular complexity index is 1240. The Morgan fingerprint density at radius 2 is 1.82 bits per heavy atom. The molecular weight excluding hydrogens is 432 g/mol. The molecule has 0 unspecified atom stereocenters. The summed E-state index contributed by atoms with van der Waals surface area (Å²) >= 11 is 0. The fraction of sp³-hybridized carbons (Fsp3) is 0.444. The van der Waals surface area contributed by atoms with Crippen molar-refractivity contribution >= 4 is 22.5 Å². The molecule has 7 nitrogen and oxygen atoms in total. The second kappa shape index (κ2) is 8.32. The third kappa shape index (κ3) is 4.03. The van der Waals surface area contributed by atoms with Gasteiger partial charge in [0.05, 0.1) is 24.7 Å². The molecule has 3 N–H and O–H groups in total. The molecule has 1 atom stereocenters. The lowest BCUT2D eigenvalue weighted by molar-refractivity contribution is -0.118. The van der Waals surface area contributed by atoms with Gasteiger partial charge in [-0.15, -0.1) is 0 Å². The lowest BCUT2D eigenvalue weighted by Crippen LogP contribution is -2.28. The number of carbonyl (C=O) groups excluding carboxylic acids is 1. The van der Waals surface area contributed by atoms with Gasteiger partial charge in [-0.3, -0.25) is 4.79 Å². The first-order valence-corrected chi connectivity index (χ1v) is 11.9. The maximum Gasteiger partial charge on any atom is 0.235 e. The molecule has 0 spiro atoms. The molecule has 1 fully saturated rings. The molecule has 2 aliphatic rings. The topological polar surface area (TPSA) is 93.0 Å². The van der Waals surface area contributed by atoms with Crippen molar-refractivity contribution in [1.29, 1.82) is 0 Å². The minimum absolute atomic E-state index is 0.0188. The van der Waals surface area contributed by atoms with Crippen LogP contribution in [-0.2, 0) is 22.2 Å². The SMILES string of the molecule is CC(C)(C)c1cc2cc(NC(=O)C3(c4ccc5c(c4)OCCO5)CC3)ccc2n1C[C@@H](O)CO. The number of aliphatic hydroxyl groups excluding tert-OH is 2. The summed E-state index contributed by atoms with van der Waals surface area (Å²) in [6, 6.07) is 13.7. The quantitative estimate of drug-likeness (QED) is 0.517. The van der Waals surface area contributed by atoms with Crippen LogP contribution >= 0.6 is 0 Å². The number of hydrogen-bond donors (Lipinski definition) is 3. The summed E-state index contributed by atoms with van der Waals surface area (Å²) in [5.74, 6) is 1.40. The van der Waals surface area contributed by atoms with Gasteiger partial charge in [-0.2, -0.15) is 0 Å². The highest BCUT2D eigenvalue weighted by atomic mass is 16.6. The number of hydrogen-bond acceptors (Lipinski definition) is 5. The third-order valence-electron chi connectivity index (χ3n) is 6.81. The number of anilines is 1. The normalized spacial score (nSPS) is 17.4. The first-order chi connectivity index (χ1) is 16.2. The maximum absolute atomic E-state index is 13.4. The Kier molecular flexibility index (Phi) is 5.57. The van der Waals surface area contributed by atoms with Crippen LogP contribution in [0.2, 0.25) is 0 Å². The summed E-state index contributed by atoms with van der Waals surface area (Å²) in [5, 5.41) is 23.6. The van der Waals surface area contributed by atoms with E-state index in [0.29, 0.717) is 25.5 Å². The highest BCUT2D eigenvalue weighted by Crippen LogP contribution is 2.51. The lowest BCUT2D eigenvalue weighted by Gasteiger charge is -2.23. The standard InChI is InChI=1S/C27H32N2O5/c1-26(2,3)24-13-17-12-19(5-6-21(17)29(24)15-20(31)16-30)28-25(32)27(8-9-27)18-4-7-22-23(14-18)34-11-10-33-22/h4-7,12-14,20,30-31H,8-11,15-16H2,1-3H3,(H,28,32)/t20-/m1/s1. The monoisotopic (exact) mass is 464 g/mol. The molecule has 1 aromatic heterocycles. The Hall–Kier alpha value is -3.03. The molecule has 1 saturated carbocycles. The largest absolute Gasteiger partial charge is 0.486 e. The molecule has 0 radical (unpaired) electrons. The average molecular weight is 465 g/mol. The number of nitrogens with zero attached hydrogens (tertiary/aromatic N) is 1. The molecule has 1 aliphatic heterocycles. The Morgan fingerprint density at radius 1 is 1.09 bits per heavy atom. The molecule has 1 amide bonds. The molecule has 7 heteroatoms. The van der Waals surface area contributed by atoms with Crippen LogP contribution in [0.3, 0.4) is 0 Å². The molecule has 0 bridgehead atoms. The lowest BCUT2D eigenvalue weighted by atomic mass is 9.92. The van der Waals surface area contributed by atoms with Crippen LogP contribution in [0.25, 0.3) is 10.9 Å². The summed E-state index contributed by atoms with van der Waals surface area (Å²) in [6.07, 6.45) is 0.756. The third-order valence-corrected chi connectivity index (χ3v) is 6.81. The van der Waals surface area contributed by atoms with Crippen molar-refractivity contribution in [2.45, 2.75) is 57.1 Å². The minimum Gasteiger partial charge on any atom is -0.486 e. The molecule has 1 aliphatic carbocycles. The maximum atomic E-state index is 13.4. The van der Waals surface area contributed by atoms with Crippen LogP contribution in [0.1, 0.15) is 44.9 Å². The molecule has 0 saturated heterocycles. The fourth-order valence-corrected chi connectivity index (χ4v) is 4.80. The average Bonchev–Trinajstić information content (AvgIpc) is 3.55. The Balaban J connectivity index is 1.42. The van der Waals surface area contributed by atoms with E-state index in [1.54, 1.807) is 0 Å². The van der Waals surface area contributed by atoms with Crippen molar-refractivity contribution in [3.8, 4) is 11.5 Å². The van der Waals surface area contributed by atoms with Gasteiger partial charge < -0.3 is 29.6 Å². The van der Waals surface area contributed by atoms with E-state index in [9.17, 15) is 15.0 Å². The minimum atomic E-state index is -0.836. The van der Waals surface area contributed by atoms with E-state index < -0.39 is 11.5 Å². The van der Waals surface area contributed by atoms with Gasteiger partial charge in [0.15, 0.2) is 11.5 Å². The molecule has 2 heterocycles. The fourth-order valence-electron chi connectivity index (χ4n) is 4.80. The smallest absolute Gasteiger partial charge is 0.235 e. The van der Waals surface area contributed by atoms with Gasteiger partial charge in [-0.05, 0) is 54.8 Å². The van der Waals surface area contributed by atoms with Gasteiger partial charge in [0.1, 0.15) is 13.2 Å². The van der Waals surface area contributed by atoms with Crippen LogP contribution in [0, 0.1) is 0 Å². The number of nitrogens with one attached hydrogen (secondary N) is 1. The molecule has 34 heavy (non-hydrogen) atoms. The van der Waals surface area contributed by atoms with Gasteiger partial charge in [0.2, 0.25) is 5.91 Å². The Labute approximate surface area is 199 Å².